The Balaban J connectivity index is 0.880. The first-order chi connectivity index (χ1) is 30.6. The molecular weight excluding hydrogens is 755 g/mol. The van der Waals surface area contributed by atoms with Gasteiger partial charge in [0.25, 0.3) is 0 Å². The number of benzene rings is 5. The fraction of sp³-hybridized carbons (Fsp3) is 0.224. The minimum Gasteiger partial charge on any atom is -0.455 e. The number of hydrogen-bond donors (Lipinski definition) is 0. The number of furan rings is 1. The Morgan fingerprint density at radius 2 is 1.00 bits per heavy atom. The van der Waals surface area contributed by atoms with Gasteiger partial charge in [0.15, 0.2) is 0 Å². The van der Waals surface area contributed by atoms with Gasteiger partial charge in [0.05, 0.1) is 17.1 Å². The van der Waals surface area contributed by atoms with Crippen LogP contribution < -0.4 is 0 Å². The maximum Gasteiger partial charge on any atom is 0.144 e. The van der Waals surface area contributed by atoms with Crippen LogP contribution in [0.25, 0.3) is 66.8 Å². The third-order valence-corrected chi connectivity index (χ3v) is 13.3. The fourth-order valence-corrected chi connectivity index (χ4v) is 10.0. The van der Waals surface area contributed by atoms with Gasteiger partial charge in [-0.1, -0.05) is 127 Å². The molecule has 0 amide bonds. The van der Waals surface area contributed by atoms with Gasteiger partial charge < -0.3 is 4.42 Å². The molecule has 4 aromatic heterocycles. The van der Waals surface area contributed by atoms with Gasteiger partial charge in [0.1, 0.15) is 11.2 Å². The number of rotatable bonds is 13. The maximum atomic E-state index is 6.54. The number of nitrogens with zero attached hydrogens (tertiary/aromatic N) is 3. The second kappa shape index (κ2) is 18.1. The van der Waals surface area contributed by atoms with Crippen molar-refractivity contribution in [1.29, 1.82) is 0 Å². The van der Waals surface area contributed by atoms with Crippen LogP contribution in [0.4, 0.5) is 0 Å². The third-order valence-electron chi connectivity index (χ3n) is 13.3. The van der Waals surface area contributed by atoms with E-state index in [1.165, 1.54) is 76.6 Å². The molecule has 2 unspecified atom stereocenters. The maximum absolute atomic E-state index is 6.54. The molecule has 62 heavy (non-hydrogen) atoms. The summed E-state index contributed by atoms with van der Waals surface area (Å²) in [6, 6.07) is 56.0. The molecule has 1 aliphatic rings. The van der Waals surface area contributed by atoms with Crippen molar-refractivity contribution in [2.45, 2.75) is 64.7 Å². The van der Waals surface area contributed by atoms with Gasteiger partial charge in [-0.3, -0.25) is 15.0 Å². The first-order valence-corrected chi connectivity index (χ1v) is 22.6. The van der Waals surface area contributed by atoms with Crippen molar-refractivity contribution in [3.8, 4) is 44.9 Å². The summed E-state index contributed by atoms with van der Waals surface area (Å²) < 4.78 is 6.54. The minimum absolute atomic E-state index is 0.659. The van der Waals surface area contributed by atoms with Crippen LogP contribution in [-0.2, 0) is 19.3 Å². The molecule has 0 aliphatic heterocycles. The van der Waals surface area contributed by atoms with Crippen molar-refractivity contribution in [2.75, 3.05) is 0 Å². The molecule has 5 aromatic carbocycles. The van der Waals surface area contributed by atoms with E-state index in [4.69, 9.17) is 19.4 Å². The van der Waals surface area contributed by atoms with E-state index >= 15 is 0 Å². The van der Waals surface area contributed by atoms with E-state index < -0.39 is 0 Å². The normalized spacial score (nSPS) is 16.5. The quantitative estimate of drug-likeness (QED) is 0.116. The Hall–Kier alpha value is -6.65. The van der Waals surface area contributed by atoms with Crippen molar-refractivity contribution in [1.82, 2.24) is 15.0 Å². The van der Waals surface area contributed by atoms with E-state index in [0.29, 0.717) is 17.8 Å². The lowest BCUT2D eigenvalue weighted by Crippen LogP contribution is -2.24. The number of fused-ring (bicyclic) bond motifs is 3. The van der Waals surface area contributed by atoms with Crippen molar-refractivity contribution in [2.24, 2.45) is 17.8 Å². The molecule has 2 atom stereocenters. The Kier molecular flexibility index (Phi) is 11.6. The highest BCUT2D eigenvalue weighted by atomic mass is 16.3. The molecule has 1 saturated carbocycles. The average molecular weight is 808 g/mol. The van der Waals surface area contributed by atoms with E-state index in [1.54, 1.807) is 0 Å². The summed E-state index contributed by atoms with van der Waals surface area (Å²) >= 11 is 0. The summed E-state index contributed by atoms with van der Waals surface area (Å²) in [7, 11) is 0. The van der Waals surface area contributed by atoms with Gasteiger partial charge >= 0.3 is 0 Å². The summed E-state index contributed by atoms with van der Waals surface area (Å²) in [6.07, 6.45) is 16.9. The molecule has 9 aromatic rings. The highest BCUT2D eigenvalue weighted by Crippen LogP contribution is 2.42. The predicted molar refractivity (Wildman–Crippen MR) is 256 cm³/mol. The van der Waals surface area contributed by atoms with E-state index in [9.17, 15) is 0 Å². The van der Waals surface area contributed by atoms with Gasteiger partial charge in [0.2, 0.25) is 0 Å². The number of pyridine rings is 3. The zero-order valence-electron chi connectivity index (χ0n) is 35.6. The predicted octanol–water partition coefficient (Wildman–Crippen LogP) is 15.0. The molecule has 306 valence electrons. The number of hydrogen-bond acceptors (Lipinski definition) is 4. The Morgan fingerprint density at radius 1 is 0.452 bits per heavy atom. The van der Waals surface area contributed by atoms with Gasteiger partial charge in [-0.05, 0) is 146 Å². The Labute approximate surface area is 365 Å². The van der Waals surface area contributed by atoms with Crippen LogP contribution in [0.15, 0.2) is 181 Å². The zero-order chi connectivity index (χ0) is 41.7. The molecule has 0 N–H and O–H groups in total. The minimum atomic E-state index is 0.659. The topological polar surface area (TPSA) is 51.8 Å². The smallest absolute Gasteiger partial charge is 0.144 e. The highest BCUT2D eigenvalue weighted by Gasteiger charge is 2.29. The lowest BCUT2D eigenvalue weighted by Gasteiger charge is -2.35. The van der Waals surface area contributed by atoms with E-state index in [-0.39, 0.29) is 0 Å². The third kappa shape index (κ3) is 8.88. The van der Waals surface area contributed by atoms with Gasteiger partial charge in [-0.15, -0.1) is 0 Å². The standard InChI is InChI=1S/C58H53N3O/c1-40-20-29-50-51-18-11-19-52(58(51)62-57(50)32-40)56-36-53(46-12-5-2-6-13-46)49(39-61-56)28-25-45-34-43(23-21-41-26-30-54(59-37-41)47-14-7-3-8-15-47)33-44(35-45)24-22-42-27-31-55(60-38-42)48-16-9-4-10-17-48/h2-20,26-27,29-32,36-39,43-45H,21-25,28,33-35H2,1H3. The summed E-state index contributed by atoms with van der Waals surface area (Å²) in [4.78, 5) is 14.9. The second-order valence-electron chi connectivity index (χ2n) is 17.6. The molecule has 1 aliphatic carbocycles. The molecule has 4 heterocycles. The largest absolute Gasteiger partial charge is 0.455 e. The van der Waals surface area contributed by atoms with Crippen molar-refractivity contribution < 1.29 is 4.42 Å². The monoisotopic (exact) mass is 807 g/mol. The lowest BCUT2D eigenvalue weighted by atomic mass is 9.70. The zero-order valence-corrected chi connectivity index (χ0v) is 35.6. The van der Waals surface area contributed by atoms with E-state index in [1.807, 2.05) is 0 Å². The van der Waals surface area contributed by atoms with Gasteiger partial charge in [-0.25, -0.2) is 0 Å². The average Bonchev–Trinajstić information content (AvgIpc) is 3.71. The van der Waals surface area contributed by atoms with Crippen molar-refractivity contribution in [3.63, 3.8) is 0 Å². The van der Waals surface area contributed by atoms with Crippen LogP contribution in [-0.4, -0.2) is 15.0 Å². The molecule has 0 saturated heterocycles. The summed E-state index contributed by atoms with van der Waals surface area (Å²) in [6.45, 7) is 2.11. The first-order valence-electron chi connectivity index (χ1n) is 22.6. The van der Waals surface area contributed by atoms with Crippen LogP contribution in [0, 0.1) is 24.7 Å². The summed E-state index contributed by atoms with van der Waals surface area (Å²) in [5.41, 5.74) is 15.9. The summed E-state index contributed by atoms with van der Waals surface area (Å²) in [5, 5.41) is 2.28. The van der Waals surface area contributed by atoms with Crippen molar-refractivity contribution in [3.05, 3.63) is 199 Å². The van der Waals surface area contributed by atoms with Gasteiger partial charge in [-0.2, -0.15) is 0 Å². The fourth-order valence-electron chi connectivity index (χ4n) is 10.0. The molecule has 4 heteroatoms. The summed E-state index contributed by atoms with van der Waals surface area (Å²) in [5.74, 6) is 2.04. The SMILES string of the molecule is Cc1ccc2c(c1)oc1c(-c3cc(-c4ccccc4)c(CCC4CC(CCc5ccc(-c6ccccc6)nc5)CC(CCc5ccc(-c6ccccc6)nc5)C4)cn3)cccc12. The number of para-hydroxylation sites is 1. The van der Waals surface area contributed by atoms with Crippen LogP contribution in [0.1, 0.15) is 60.8 Å². The lowest BCUT2D eigenvalue weighted by molar-refractivity contribution is 0.172. The van der Waals surface area contributed by atoms with Crippen LogP contribution in [0.5, 0.6) is 0 Å². The van der Waals surface area contributed by atoms with Crippen molar-refractivity contribution >= 4 is 21.9 Å². The van der Waals surface area contributed by atoms with Crippen LogP contribution in [0.2, 0.25) is 0 Å². The molecule has 1 fully saturated rings. The molecular formula is C58H53N3O. The molecule has 4 nitrogen and oxygen atoms in total. The molecule has 10 rings (SSSR count). The number of aryl methyl sites for hydroxylation is 4. The van der Waals surface area contributed by atoms with Crippen LogP contribution >= 0.6 is 0 Å². The highest BCUT2D eigenvalue weighted by molar-refractivity contribution is 6.09. The van der Waals surface area contributed by atoms with Gasteiger partial charge in [0, 0.05) is 46.1 Å². The molecule has 0 radical (unpaired) electrons. The molecule has 0 spiro atoms. The second-order valence-corrected chi connectivity index (χ2v) is 17.6. The Bertz CT molecular complexity index is 2790. The van der Waals surface area contributed by atoms with E-state index in [2.05, 4.69) is 183 Å². The number of aromatic nitrogens is 3. The molecule has 0 bridgehead atoms. The van der Waals surface area contributed by atoms with Crippen LogP contribution in [0.3, 0.4) is 0 Å². The van der Waals surface area contributed by atoms with E-state index in [0.717, 1.165) is 70.3 Å². The first kappa shape index (κ1) is 39.5. The Morgan fingerprint density at radius 3 is 1.56 bits per heavy atom.